The Morgan fingerprint density at radius 3 is 2.48 bits per heavy atom. The molecule has 21 heavy (non-hydrogen) atoms. The Kier molecular flexibility index (Phi) is 6.49. The zero-order chi connectivity index (χ0) is 15.2. The van der Waals surface area contributed by atoms with E-state index in [9.17, 15) is 9.90 Å². The Labute approximate surface area is 129 Å². The molecule has 2 saturated heterocycles. The molecule has 2 rings (SSSR count). The molecule has 2 aliphatic rings. The van der Waals surface area contributed by atoms with E-state index in [2.05, 4.69) is 23.6 Å². The molecule has 1 atom stereocenters. The molecule has 0 unspecified atom stereocenters. The molecular weight excluding hydrogens is 264 g/mol. The van der Waals surface area contributed by atoms with Gasteiger partial charge in [0.2, 0.25) is 5.91 Å². The van der Waals surface area contributed by atoms with Crippen molar-refractivity contribution in [2.24, 2.45) is 11.8 Å². The monoisotopic (exact) mass is 296 g/mol. The maximum absolute atomic E-state index is 12.1. The Morgan fingerprint density at radius 1 is 1.14 bits per heavy atom. The molecule has 1 amide bonds. The lowest BCUT2D eigenvalue weighted by atomic mass is 9.93. The zero-order valence-corrected chi connectivity index (χ0v) is 13.8. The minimum atomic E-state index is 0.297. The van der Waals surface area contributed by atoms with E-state index in [4.69, 9.17) is 0 Å². The predicted octanol–water partition coefficient (Wildman–Crippen LogP) is 2.12. The van der Waals surface area contributed by atoms with E-state index >= 15 is 0 Å². The van der Waals surface area contributed by atoms with Gasteiger partial charge >= 0.3 is 0 Å². The lowest BCUT2D eigenvalue weighted by molar-refractivity contribution is -0.133. The van der Waals surface area contributed by atoms with Gasteiger partial charge in [0.1, 0.15) is 0 Å². The number of likely N-dealkylation sites (tertiary alicyclic amines) is 2. The van der Waals surface area contributed by atoms with Crippen LogP contribution in [0.2, 0.25) is 0 Å². The van der Waals surface area contributed by atoms with Crippen molar-refractivity contribution in [3.63, 3.8) is 0 Å². The van der Waals surface area contributed by atoms with Gasteiger partial charge in [-0.3, -0.25) is 9.69 Å². The van der Waals surface area contributed by atoms with E-state index in [1.807, 2.05) is 0 Å². The van der Waals surface area contributed by atoms with Crippen LogP contribution in [0.15, 0.2) is 0 Å². The molecule has 2 heterocycles. The molecule has 0 aliphatic carbocycles. The fourth-order valence-corrected chi connectivity index (χ4v) is 3.68. The van der Waals surface area contributed by atoms with Crippen LogP contribution in [0, 0.1) is 11.8 Å². The van der Waals surface area contributed by atoms with Crippen LogP contribution in [0.25, 0.3) is 0 Å². The fraction of sp³-hybridized carbons (Fsp3) is 0.941. The largest absolute Gasteiger partial charge is 0.395 e. The van der Waals surface area contributed by atoms with Crippen LogP contribution < -0.4 is 0 Å². The first-order chi connectivity index (χ1) is 10.1. The summed E-state index contributed by atoms with van der Waals surface area (Å²) in [7, 11) is 0. The Bertz CT molecular complexity index is 325. The molecule has 4 nitrogen and oxygen atoms in total. The highest BCUT2D eigenvalue weighted by Crippen LogP contribution is 2.24. The third kappa shape index (κ3) is 4.96. The quantitative estimate of drug-likeness (QED) is 0.845. The molecule has 0 aromatic heterocycles. The van der Waals surface area contributed by atoms with E-state index in [0.29, 0.717) is 36.8 Å². The number of aliphatic hydroxyl groups is 1. The summed E-state index contributed by atoms with van der Waals surface area (Å²) >= 11 is 0. The minimum absolute atomic E-state index is 0.297. The average molecular weight is 296 g/mol. The summed E-state index contributed by atoms with van der Waals surface area (Å²) in [6.45, 7) is 8.61. The summed E-state index contributed by atoms with van der Waals surface area (Å²) in [6, 6.07) is 0.374. The van der Waals surface area contributed by atoms with E-state index in [-0.39, 0.29) is 0 Å². The summed E-state index contributed by atoms with van der Waals surface area (Å²) in [5.74, 6) is 1.48. The molecule has 0 radical (unpaired) electrons. The lowest BCUT2D eigenvalue weighted by Gasteiger charge is -2.39. The summed E-state index contributed by atoms with van der Waals surface area (Å²) in [4.78, 5) is 16.6. The fourth-order valence-electron chi connectivity index (χ4n) is 3.68. The van der Waals surface area contributed by atoms with Gasteiger partial charge in [0, 0.05) is 32.1 Å². The van der Waals surface area contributed by atoms with Gasteiger partial charge in [-0.05, 0) is 44.1 Å². The van der Waals surface area contributed by atoms with E-state index < -0.39 is 0 Å². The normalized spacial score (nSPS) is 25.5. The Morgan fingerprint density at radius 2 is 1.86 bits per heavy atom. The molecule has 1 N–H and O–H groups in total. The number of hydrogen-bond donors (Lipinski definition) is 1. The van der Waals surface area contributed by atoms with Gasteiger partial charge in [-0.1, -0.05) is 20.3 Å². The van der Waals surface area contributed by atoms with Gasteiger partial charge in [-0.25, -0.2) is 0 Å². The van der Waals surface area contributed by atoms with Crippen molar-refractivity contribution in [3.05, 3.63) is 0 Å². The molecule has 0 aromatic carbocycles. The number of carbonyl (C=O) groups excluding carboxylic acids is 1. The van der Waals surface area contributed by atoms with Crippen molar-refractivity contribution in [1.29, 1.82) is 0 Å². The lowest BCUT2D eigenvalue weighted by Crippen LogP contribution is -2.47. The number of amides is 1. The van der Waals surface area contributed by atoms with Gasteiger partial charge in [-0.2, -0.15) is 0 Å². The third-order valence-electron chi connectivity index (χ3n) is 5.00. The summed E-state index contributed by atoms with van der Waals surface area (Å²) in [6.07, 6.45) is 6.59. The predicted molar refractivity (Wildman–Crippen MR) is 85.1 cm³/mol. The molecule has 0 bridgehead atoms. The number of aliphatic hydroxyl groups excluding tert-OH is 1. The summed E-state index contributed by atoms with van der Waals surface area (Å²) in [5, 5.41) is 9.50. The maximum atomic E-state index is 12.1. The standard InChI is InChI=1S/C17H32N2O2/c1-14(2)11-17(21)18-9-6-15(7-10-18)12-19-8-4-3-5-16(19)13-20/h14-16,20H,3-13H2,1-2H3/t16-/m0/s1. The highest BCUT2D eigenvalue weighted by molar-refractivity contribution is 5.76. The van der Waals surface area contributed by atoms with Crippen molar-refractivity contribution in [1.82, 2.24) is 9.80 Å². The first-order valence-electron chi connectivity index (χ1n) is 8.72. The van der Waals surface area contributed by atoms with Crippen molar-refractivity contribution < 1.29 is 9.90 Å². The van der Waals surface area contributed by atoms with Gasteiger partial charge in [0.05, 0.1) is 6.61 Å². The molecule has 4 heteroatoms. The highest BCUT2D eigenvalue weighted by Gasteiger charge is 2.28. The third-order valence-corrected chi connectivity index (χ3v) is 5.00. The number of carbonyl (C=O) groups is 1. The van der Waals surface area contributed by atoms with Crippen molar-refractivity contribution in [2.75, 3.05) is 32.8 Å². The molecule has 0 saturated carbocycles. The van der Waals surface area contributed by atoms with Crippen molar-refractivity contribution in [2.45, 2.75) is 58.4 Å². The van der Waals surface area contributed by atoms with Crippen LogP contribution in [0.4, 0.5) is 0 Å². The van der Waals surface area contributed by atoms with Gasteiger partial charge in [0.15, 0.2) is 0 Å². The second kappa shape index (κ2) is 8.14. The van der Waals surface area contributed by atoms with Gasteiger partial charge in [0.25, 0.3) is 0 Å². The minimum Gasteiger partial charge on any atom is -0.395 e. The van der Waals surface area contributed by atoms with E-state index in [0.717, 1.165) is 45.4 Å². The molecular formula is C17H32N2O2. The van der Waals surface area contributed by atoms with Crippen molar-refractivity contribution in [3.8, 4) is 0 Å². The first kappa shape index (κ1) is 16.8. The summed E-state index contributed by atoms with van der Waals surface area (Å²) < 4.78 is 0. The van der Waals surface area contributed by atoms with E-state index in [1.54, 1.807) is 0 Å². The van der Waals surface area contributed by atoms with Gasteiger partial charge in [-0.15, -0.1) is 0 Å². The first-order valence-corrected chi connectivity index (χ1v) is 8.72. The van der Waals surface area contributed by atoms with Crippen LogP contribution in [-0.2, 0) is 4.79 Å². The highest BCUT2D eigenvalue weighted by atomic mass is 16.3. The molecule has 0 aromatic rings. The smallest absolute Gasteiger partial charge is 0.222 e. The van der Waals surface area contributed by atoms with Gasteiger partial charge < -0.3 is 10.0 Å². The van der Waals surface area contributed by atoms with Crippen molar-refractivity contribution >= 4 is 5.91 Å². The van der Waals surface area contributed by atoms with Crippen LogP contribution in [-0.4, -0.2) is 59.6 Å². The van der Waals surface area contributed by atoms with Crippen LogP contribution in [0.5, 0.6) is 0 Å². The van der Waals surface area contributed by atoms with Crippen LogP contribution in [0.3, 0.4) is 0 Å². The number of rotatable bonds is 5. The SMILES string of the molecule is CC(C)CC(=O)N1CCC(CN2CCCC[C@H]2CO)CC1. The second-order valence-corrected chi connectivity index (χ2v) is 7.25. The summed E-state index contributed by atoms with van der Waals surface area (Å²) in [5.41, 5.74) is 0. The topological polar surface area (TPSA) is 43.8 Å². The Hall–Kier alpha value is -0.610. The number of piperidine rings is 2. The molecule has 2 fully saturated rings. The molecule has 2 aliphatic heterocycles. The average Bonchev–Trinajstić information content (AvgIpc) is 2.48. The molecule has 0 spiro atoms. The van der Waals surface area contributed by atoms with Crippen LogP contribution >= 0.6 is 0 Å². The maximum Gasteiger partial charge on any atom is 0.222 e. The number of hydrogen-bond acceptors (Lipinski definition) is 3. The van der Waals surface area contributed by atoms with Crippen LogP contribution in [0.1, 0.15) is 52.4 Å². The second-order valence-electron chi connectivity index (χ2n) is 7.25. The van der Waals surface area contributed by atoms with E-state index in [1.165, 1.54) is 12.8 Å². The Balaban J connectivity index is 1.74. The molecule has 122 valence electrons. The zero-order valence-electron chi connectivity index (χ0n) is 13.8. The number of nitrogens with zero attached hydrogens (tertiary/aromatic N) is 2.